The molecule has 0 saturated carbocycles. The predicted octanol–water partition coefficient (Wildman–Crippen LogP) is -4.46. The fourth-order valence-electron chi connectivity index (χ4n) is 4.87. The zero-order chi connectivity index (χ0) is 35.5. The topological polar surface area (TPSA) is 257 Å². The summed E-state index contributed by atoms with van der Waals surface area (Å²) in [6.07, 6.45) is -9.73. The Morgan fingerprint density at radius 1 is 0.592 bits per heavy atom. The number of carbonyl (C=O) groups is 2. The lowest BCUT2D eigenvalue weighted by Gasteiger charge is -2.42. The standard InChI is InChI=1S/C29H55N3O16.CH4/c1-18(35)30-22-26(39)24(37)20(16-33)47-28(22)45-14-12-43-10-8-41-6-4-32(3)5-7-42-9-11-44-13-15-46-29-23(31-19(2)36)27(40)25(38)21(17-34)48-29;/h20-29,33-34,37-40H,4-17H2,1-3H3,(H,30,35)(H,31,36);1H4/t20?,21?,22?,23?,24-,25-,26+,27+,28+,29+;/m0./s1. The smallest absolute Gasteiger partial charge is 0.217 e. The van der Waals surface area contributed by atoms with E-state index in [0.29, 0.717) is 52.7 Å². The van der Waals surface area contributed by atoms with E-state index in [0.717, 1.165) is 0 Å². The van der Waals surface area contributed by atoms with E-state index in [1.807, 2.05) is 11.9 Å². The van der Waals surface area contributed by atoms with Crippen LogP contribution in [-0.4, -0.2) is 208 Å². The Morgan fingerprint density at radius 3 is 1.24 bits per heavy atom. The average Bonchev–Trinajstić information content (AvgIpc) is 3.05. The third-order valence-electron chi connectivity index (χ3n) is 7.50. The Morgan fingerprint density at radius 2 is 0.918 bits per heavy atom. The molecule has 2 aliphatic heterocycles. The summed E-state index contributed by atoms with van der Waals surface area (Å²) in [5.41, 5.74) is 0. The summed E-state index contributed by atoms with van der Waals surface area (Å²) in [5, 5.41) is 64.3. The molecule has 2 amide bonds. The van der Waals surface area contributed by atoms with Crippen LogP contribution in [-0.2, 0) is 47.5 Å². The van der Waals surface area contributed by atoms with Crippen molar-refractivity contribution >= 4 is 11.8 Å². The molecule has 2 heterocycles. The zero-order valence-corrected chi connectivity index (χ0v) is 27.9. The highest BCUT2D eigenvalue weighted by Gasteiger charge is 2.46. The Kier molecular flexibility index (Phi) is 23.4. The molecule has 2 aliphatic rings. The van der Waals surface area contributed by atoms with Gasteiger partial charge in [-0.2, -0.15) is 0 Å². The summed E-state index contributed by atoms with van der Waals surface area (Å²) >= 11 is 0. The van der Waals surface area contributed by atoms with Gasteiger partial charge in [0.1, 0.15) is 48.7 Å². The van der Waals surface area contributed by atoms with E-state index in [1.54, 1.807) is 0 Å². The fraction of sp³-hybridized carbons (Fsp3) is 0.933. The number of nitrogens with one attached hydrogen (secondary N) is 2. The molecule has 19 heteroatoms. The first-order chi connectivity index (χ1) is 23.0. The van der Waals surface area contributed by atoms with Crippen LogP contribution in [0.5, 0.6) is 0 Å². The lowest BCUT2D eigenvalue weighted by atomic mass is 9.97. The van der Waals surface area contributed by atoms with Gasteiger partial charge in [-0.3, -0.25) is 9.59 Å². The molecular formula is C30H59N3O16. The molecule has 4 unspecified atom stereocenters. The van der Waals surface area contributed by atoms with Crippen LogP contribution in [0.3, 0.4) is 0 Å². The minimum absolute atomic E-state index is 0. The van der Waals surface area contributed by atoms with E-state index in [-0.39, 0.29) is 33.9 Å². The normalized spacial score (nSPS) is 30.2. The predicted molar refractivity (Wildman–Crippen MR) is 170 cm³/mol. The van der Waals surface area contributed by atoms with Gasteiger partial charge in [0.05, 0.1) is 79.3 Å². The van der Waals surface area contributed by atoms with Crippen molar-refractivity contribution in [3.05, 3.63) is 0 Å². The molecule has 10 atom stereocenters. The van der Waals surface area contributed by atoms with Crippen LogP contribution in [0.25, 0.3) is 0 Å². The number of hydrogen-bond donors (Lipinski definition) is 8. The molecule has 0 aromatic rings. The summed E-state index contributed by atoms with van der Waals surface area (Å²) in [6, 6.07) is -2.01. The highest BCUT2D eigenvalue weighted by Crippen LogP contribution is 2.23. The molecule has 0 aliphatic carbocycles. The molecule has 19 nitrogen and oxygen atoms in total. The molecule has 0 bridgehead atoms. The van der Waals surface area contributed by atoms with Crippen molar-refractivity contribution in [1.82, 2.24) is 15.5 Å². The van der Waals surface area contributed by atoms with Crippen LogP contribution >= 0.6 is 0 Å². The SMILES string of the molecule is C.CC(=O)NC1[C@H](OCCOCCOCCN(C)CCOCCOCCO[C@@H]2OC(CO)[C@H](O)[C@H](O)C2NC(C)=O)OC(CO)[C@H](O)[C@@H]1O. The van der Waals surface area contributed by atoms with Gasteiger partial charge < -0.3 is 84.1 Å². The molecule has 0 aromatic heterocycles. The highest BCUT2D eigenvalue weighted by molar-refractivity contribution is 5.73. The summed E-state index contributed by atoms with van der Waals surface area (Å²) in [5.74, 6) is -0.863. The molecular weight excluding hydrogens is 658 g/mol. The second kappa shape index (κ2) is 25.3. The van der Waals surface area contributed by atoms with Crippen molar-refractivity contribution < 1.29 is 78.1 Å². The van der Waals surface area contributed by atoms with Gasteiger partial charge in [0, 0.05) is 26.9 Å². The number of carbonyl (C=O) groups excluding carboxylic acids is 2. The number of amides is 2. The van der Waals surface area contributed by atoms with E-state index in [2.05, 4.69) is 10.6 Å². The highest BCUT2D eigenvalue weighted by atomic mass is 16.7. The first kappa shape index (κ1) is 45.4. The van der Waals surface area contributed by atoms with Crippen molar-refractivity contribution in [2.45, 2.75) is 82.6 Å². The van der Waals surface area contributed by atoms with E-state index in [4.69, 9.17) is 37.9 Å². The fourth-order valence-corrected chi connectivity index (χ4v) is 4.87. The Balaban J connectivity index is 0.0000120. The second-order valence-electron chi connectivity index (χ2n) is 11.4. The Labute approximate surface area is 287 Å². The van der Waals surface area contributed by atoms with Gasteiger partial charge in [-0.25, -0.2) is 0 Å². The van der Waals surface area contributed by atoms with E-state index in [9.17, 15) is 40.2 Å². The first-order valence-electron chi connectivity index (χ1n) is 16.0. The van der Waals surface area contributed by atoms with Crippen molar-refractivity contribution in [3.8, 4) is 0 Å². The van der Waals surface area contributed by atoms with Gasteiger partial charge in [0.25, 0.3) is 0 Å². The van der Waals surface area contributed by atoms with E-state index in [1.165, 1.54) is 13.8 Å². The maximum Gasteiger partial charge on any atom is 0.217 e. The van der Waals surface area contributed by atoms with Crippen LogP contribution in [0.15, 0.2) is 0 Å². The Hall–Kier alpha value is -1.66. The molecule has 2 rings (SSSR count). The van der Waals surface area contributed by atoms with E-state index >= 15 is 0 Å². The van der Waals surface area contributed by atoms with Crippen LogP contribution in [0.4, 0.5) is 0 Å². The maximum atomic E-state index is 11.5. The number of ether oxygens (including phenoxy) is 8. The van der Waals surface area contributed by atoms with E-state index < -0.39 is 86.3 Å². The third kappa shape index (κ3) is 16.5. The Bertz CT molecular complexity index is 826. The summed E-state index contributed by atoms with van der Waals surface area (Å²) in [4.78, 5) is 25.0. The van der Waals surface area contributed by atoms with Crippen LogP contribution < -0.4 is 10.6 Å². The number of aliphatic hydroxyl groups is 6. The van der Waals surface area contributed by atoms with Gasteiger partial charge >= 0.3 is 0 Å². The third-order valence-corrected chi connectivity index (χ3v) is 7.50. The molecule has 0 aromatic carbocycles. The van der Waals surface area contributed by atoms with Gasteiger partial charge in [-0.15, -0.1) is 0 Å². The van der Waals surface area contributed by atoms with Crippen LogP contribution in [0.1, 0.15) is 21.3 Å². The summed E-state index contributed by atoms with van der Waals surface area (Å²) < 4.78 is 44.3. The molecule has 2 fully saturated rings. The molecule has 2 saturated heterocycles. The number of rotatable bonds is 24. The van der Waals surface area contributed by atoms with Crippen molar-refractivity contribution in [1.29, 1.82) is 0 Å². The number of likely N-dealkylation sites (N-methyl/N-ethyl adjacent to an activating group) is 1. The summed E-state index contributed by atoms with van der Waals surface area (Å²) in [7, 11) is 1.94. The van der Waals surface area contributed by atoms with Crippen molar-refractivity contribution in [3.63, 3.8) is 0 Å². The average molecular weight is 718 g/mol. The number of nitrogens with zero attached hydrogens (tertiary/aromatic N) is 1. The number of aliphatic hydroxyl groups excluding tert-OH is 6. The number of hydrogen-bond acceptors (Lipinski definition) is 17. The second-order valence-corrected chi connectivity index (χ2v) is 11.4. The monoisotopic (exact) mass is 717 g/mol. The quantitative estimate of drug-likeness (QED) is 0.0438. The maximum absolute atomic E-state index is 11.5. The van der Waals surface area contributed by atoms with Crippen LogP contribution in [0.2, 0.25) is 0 Å². The van der Waals surface area contributed by atoms with Gasteiger partial charge in [-0.05, 0) is 7.05 Å². The van der Waals surface area contributed by atoms with Crippen molar-refractivity contribution in [2.75, 3.05) is 99.4 Å². The first-order valence-corrected chi connectivity index (χ1v) is 16.0. The minimum Gasteiger partial charge on any atom is -0.394 e. The minimum atomic E-state index is -1.38. The molecule has 0 radical (unpaired) electrons. The molecule has 8 N–H and O–H groups in total. The summed E-state index contributed by atoms with van der Waals surface area (Å²) in [6.45, 7) is 5.73. The van der Waals surface area contributed by atoms with Crippen molar-refractivity contribution in [2.24, 2.45) is 0 Å². The van der Waals surface area contributed by atoms with Crippen LogP contribution in [0, 0.1) is 0 Å². The lowest BCUT2D eigenvalue weighted by Crippen LogP contribution is -2.64. The van der Waals surface area contributed by atoms with Gasteiger partial charge in [0.2, 0.25) is 11.8 Å². The largest absolute Gasteiger partial charge is 0.394 e. The molecule has 290 valence electrons. The lowest BCUT2D eigenvalue weighted by molar-refractivity contribution is -0.272. The molecule has 49 heavy (non-hydrogen) atoms. The van der Waals surface area contributed by atoms with Gasteiger partial charge in [0.15, 0.2) is 12.6 Å². The zero-order valence-electron chi connectivity index (χ0n) is 27.9. The van der Waals surface area contributed by atoms with Gasteiger partial charge in [-0.1, -0.05) is 7.43 Å². The molecule has 0 spiro atoms.